The second-order valence-corrected chi connectivity index (χ2v) is 9.20. The van der Waals surface area contributed by atoms with E-state index in [0.717, 1.165) is 19.3 Å². The molecule has 0 radical (unpaired) electrons. The van der Waals surface area contributed by atoms with Crippen LogP contribution in [0, 0.1) is 11.8 Å². The summed E-state index contributed by atoms with van der Waals surface area (Å²) < 4.78 is 0. The first-order valence-corrected chi connectivity index (χ1v) is 12.5. The van der Waals surface area contributed by atoms with E-state index in [0.29, 0.717) is 11.8 Å². The van der Waals surface area contributed by atoms with Crippen molar-refractivity contribution < 1.29 is 0 Å². The van der Waals surface area contributed by atoms with E-state index in [9.17, 15) is 0 Å². The van der Waals surface area contributed by atoms with Crippen LogP contribution >= 0.6 is 0 Å². The van der Waals surface area contributed by atoms with E-state index in [1.54, 1.807) is 5.57 Å². The lowest BCUT2D eigenvalue weighted by Gasteiger charge is -2.15. The molecule has 0 bridgehead atoms. The van der Waals surface area contributed by atoms with Crippen LogP contribution in [0.4, 0.5) is 0 Å². The summed E-state index contributed by atoms with van der Waals surface area (Å²) in [6, 6.07) is 9.06. The molecule has 0 aliphatic heterocycles. The molecule has 0 heterocycles. The molecule has 1 unspecified atom stereocenters. The van der Waals surface area contributed by atoms with Crippen molar-refractivity contribution in [2.75, 3.05) is 0 Å². The van der Waals surface area contributed by atoms with E-state index in [1.165, 1.54) is 34.3 Å². The van der Waals surface area contributed by atoms with Crippen molar-refractivity contribution in [3.8, 4) is 0 Å². The van der Waals surface area contributed by atoms with Crippen LogP contribution in [0.3, 0.4) is 0 Å². The molecule has 0 amide bonds. The maximum Gasteiger partial charge on any atom is -0.00785 e. The van der Waals surface area contributed by atoms with Crippen LogP contribution in [0.25, 0.3) is 6.08 Å². The lowest BCUT2D eigenvalue weighted by molar-refractivity contribution is 0.811. The minimum Gasteiger partial charge on any atom is -0.0854 e. The topological polar surface area (TPSA) is 0 Å². The lowest BCUT2D eigenvalue weighted by atomic mass is 9.90. The van der Waals surface area contributed by atoms with Crippen LogP contribution in [0.1, 0.15) is 85.8 Å². The average molecular weight is 431 g/mol. The van der Waals surface area contributed by atoms with Gasteiger partial charge in [-0.2, -0.15) is 0 Å². The van der Waals surface area contributed by atoms with Gasteiger partial charge >= 0.3 is 0 Å². The zero-order valence-corrected chi connectivity index (χ0v) is 21.9. The van der Waals surface area contributed by atoms with Crippen molar-refractivity contribution in [2.45, 2.75) is 81.1 Å². The molecule has 1 aromatic rings. The molecule has 0 spiro atoms. The lowest BCUT2D eigenvalue weighted by Crippen LogP contribution is -1.97. The van der Waals surface area contributed by atoms with Crippen LogP contribution in [-0.2, 0) is 6.42 Å². The molecule has 1 aliphatic carbocycles. The Morgan fingerprint density at radius 1 is 0.812 bits per heavy atom. The maximum atomic E-state index is 2.35. The zero-order chi connectivity index (χ0) is 23.9. The fourth-order valence-corrected chi connectivity index (χ4v) is 3.44. The Labute approximate surface area is 199 Å². The van der Waals surface area contributed by atoms with E-state index in [-0.39, 0.29) is 0 Å². The Bertz CT molecular complexity index is 844. The van der Waals surface area contributed by atoms with Gasteiger partial charge < -0.3 is 0 Å². The second kappa shape index (κ2) is 15.5. The summed E-state index contributed by atoms with van der Waals surface area (Å²) in [7, 11) is 0. The minimum absolute atomic E-state index is 0.476. The van der Waals surface area contributed by atoms with Gasteiger partial charge in [0.05, 0.1) is 0 Å². The Morgan fingerprint density at radius 2 is 1.50 bits per heavy atom. The van der Waals surface area contributed by atoms with Gasteiger partial charge in [-0.3, -0.25) is 0 Å². The number of aryl methyl sites for hydroxylation is 1. The third-order valence-electron chi connectivity index (χ3n) is 5.52. The number of allylic oxidation sites excluding steroid dienone is 11. The Hall–Kier alpha value is -2.34. The van der Waals surface area contributed by atoms with Gasteiger partial charge in [0.15, 0.2) is 0 Å². The summed E-state index contributed by atoms with van der Waals surface area (Å²) in [5.74, 6) is 1.09. The number of hydrogen-bond acceptors (Lipinski definition) is 0. The normalized spacial score (nSPS) is 15.3. The number of benzene rings is 1. The average Bonchev–Trinajstić information content (AvgIpc) is 2.80. The van der Waals surface area contributed by atoms with E-state index < -0.39 is 0 Å². The molecule has 1 aliphatic rings. The zero-order valence-electron chi connectivity index (χ0n) is 21.9. The molecule has 1 atom stereocenters. The van der Waals surface area contributed by atoms with Crippen LogP contribution in [0.2, 0.25) is 0 Å². The van der Waals surface area contributed by atoms with Crippen molar-refractivity contribution in [1.29, 1.82) is 0 Å². The first-order valence-electron chi connectivity index (χ1n) is 12.5. The molecular formula is C32H46. The van der Waals surface area contributed by atoms with Gasteiger partial charge in [-0.15, -0.1) is 0 Å². The Kier molecular flexibility index (Phi) is 13.4. The molecule has 0 saturated heterocycles. The van der Waals surface area contributed by atoms with Crippen molar-refractivity contribution in [3.05, 3.63) is 100 Å². The van der Waals surface area contributed by atoms with Gasteiger partial charge in [0, 0.05) is 0 Å². The van der Waals surface area contributed by atoms with Crippen LogP contribution in [0.15, 0.2) is 89.1 Å². The summed E-state index contributed by atoms with van der Waals surface area (Å²) in [6.07, 6.45) is 22.8. The summed E-state index contributed by atoms with van der Waals surface area (Å²) in [4.78, 5) is 0. The van der Waals surface area contributed by atoms with Gasteiger partial charge in [0.2, 0.25) is 0 Å². The first-order chi connectivity index (χ1) is 15.3. The third kappa shape index (κ3) is 11.3. The smallest absolute Gasteiger partial charge is 0.00785 e. The quantitative estimate of drug-likeness (QED) is 0.270. The van der Waals surface area contributed by atoms with E-state index >= 15 is 0 Å². The molecule has 0 aromatic heterocycles. The molecule has 0 N–H and O–H groups in total. The minimum atomic E-state index is 0.476. The summed E-state index contributed by atoms with van der Waals surface area (Å²) in [6.45, 7) is 17.2. The van der Waals surface area contributed by atoms with Crippen molar-refractivity contribution in [1.82, 2.24) is 0 Å². The Morgan fingerprint density at radius 3 is 2.06 bits per heavy atom. The van der Waals surface area contributed by atoms with Gasteiger partial charge in [0.25, 0.3) is 0 Å². The molecule has 2 rings (SSSR count). The van der Waals surface area contributed by atoms with E-state index in [1.807, 2.05) is 13.8 Å². The Balaban J connectivity index is 0.00000249. The molecule has 174 valence electrons. The monoisotopic (exact) mass is 430 g/mol. The van der Waals surface area contributed by atoms with Crippen molar-refractivity contribution >= 4 is 6.08 Å². The van der Waals surface area contributed by atoms with Crippen molar-refractivity contribution in [2.24, 2.45) is 11.8 Å². The van der Waals surface area contributed by atoms with Gasteiger partial charge in [-0.25, -0.2) is 0 Å². The van der Waals surface area contributed by atoms with Crippen molar-refractivity contribution in [3.63, 3.8) is 0 Å². The van der Waals surface area contributed by atoms with Gasteiger partial charge in [-0.05, 0) is 80.6 Å². The molecule has 32 heavy (non-hydrogen) atoms. The maximum absolute atomic E-state index is 2.35. The van der Waals surface area contributed by atoms with Crippen LogP contribution in [0.5, 0.6) is 0 Å². The highest BCUT2D eigenvalue weighted by molar-refractivity contribution is 5.50. The highest BCUT2D eigenvalue weighted by atomic mass is 14.1. The van der Waals surface area contributed by atoms with Crippen LogP contribution < -0.4 is 0 Å². The van der Waals surface area contributed by atoms with Gasteiger partial charge in [0.1, 0.15) is 0 Å². The summed E-state index contributed by atoms with van der Waals surface area (Å²) >= 11 is 0. The SMILES string of the molecule is CC.CC(C)=C/C=C(\C)C1=CC=C(CCc2ccc(/C=C/C(C)/C=C\C(C)C)cc2)CC1. The second-order valence-electron chi connectivity index (χ2n) is 9.20. The predicted octanol–water partition coefficient (Wildman–Crippen LogP) is 10.1. The molecule has 0 heteroatoms. The molecule has 0 fully saturated rings. The van der Waals surface area contributed by atoms with Crippen LogP contribution in [-0.4, -0.2) is 0 Å². The summed E-state index contributed by atoms with van der Waals surface area (Å²) in [5.41, 5.74) is 8.50. The first kappa shape index (κ1) is 27.7. The third-order valence-corrected chi connectivity index (χ3v) is 5.52. The molecule has 0 nitrogen and oxygen atoms in total. The predicted molar refractivity (Wildman–Crippen MR) is 147 cm³/mol. The largest absolute Gasteiger partial charge is 0.0854 e. The van der Waals surface area contributed by atoms with E-state index in [4.69, 9.17) is 0 Å². The molecule has 1 aromatic carbocycles. The fourth-order valence-electron chi connectivity index (χ4n) is 3.44. The number of hydrogen-bond donors (Lipinski definition) is 0. The molecule has 0 saturated carbocycles. The highest BCUT2D eigenvalue weighted by Crippen LogP contribution is 2.26. The summed E-state index contributed by atoms with van der Waals surface area (Å²) in [5, 5.41) is 0. The fraction of sp³-hybridized carbons (Fsp3) is 0.438. The van der Waals surface area contributed by atoms with E-state index in [2.05, 4.69) is 114 Å². The molecular weight excluding hydrogens is 384 g/mol. The van der Waals surface area contributed by atoms with Gasteiger partial charge in [-0.1, -0.05) is 119 Å². The number of rotatable bonds is 9. The standard InChI is InChI=1S/C30H40.C2H6/c1-23(2)7-9-25(5)10-12-27-13-15-28(16-14-27)17-18-29-19-21-30(22-20-29)26(6)11-8-24(3)4;1-2/h7-16,19,21,23,25H,17-18,20,22H2,1-6H3;1-2H3/b9-7-,12-10+,26-11+;. The highest BCUT2D eigenvalue weighted by Gasteiger charge is 2.08.